The first kappa shape index (κ1) is 13.1. The normalized spacial score (nSPS) is 12.6. The van der Waals surface area contributed by atoms with E-state index in [9.17, 15) is 0 Å². The Bertz CT molecular complexity index is 532. The van der Waals surface area contributed by atoms with Gasteiger partial charge in [0.15, 0.2) is 0 Å². The van der Waals surface area contributed by atoms with Crippen LogP contribution in [-0.2, 0) is 12.0 Å². The Balaban J connectivity index is 2.28. The van der Waals surface area contributed by atoms with Gasteiger partial charge in [-0.1, -0.05) is 40.7 Å². The average Bonchev–Trinajstić information content (AvgIpc) is 2.68. The van der Waals surface area contributed by atoms with Crippen molar-refractivity contribution >= 4 is 11.0 Å². The number of H-pyrrole nitrogens is 1. The zero-order chi connectivity index (χ0) is 13.3. The lowest BCUT2D eigenvalue weighted by Gasteiger charge is -2.13. The minimum Gasteiger partial charge on any atom is -0.342 e. The molecule has 18 heavy (non-hydrogen) atoms. The molecule has 0 atom stereocenters. The van der Waals surface area contributed by atoms with Gasteiger partial charge < -0.3 is 10.3 Å². The van der Waals surface area contributed by atoms with Crippen LogP contribution >= 0.6 is 0 Å². The van der Waals surface area contributed by atoms with Gasteiger partial charge in [0.2, 0.25) is 0 Å². The van der Waals surface area contributed by atoms with Gasteiger partial charge in [-0.25, -0.2) is 4.98 Å². The van der Waals surface area contributed by atoms with E-state index in [1.165, 1.54) is 5.56 Å². The predicted molar refractivity (Wildman–Crippen MR) is 76.8 cm³/mol. The van der Waals surface area contributed by atoms with Crippen LogP contribution in [0.1, 0.15) is 46.0 Å². The van der Waals surface area contributed by atoms with E-state index in [1.807, 2.05) is 0 Å². The zero-order valence-electron chi connectivity index (χ0n) is 12.0. The van der Waals surface area contributed by atoms with Crippen LogP contribution in [0.25, 0.3) is 11.0 Å². The van der Waals surface area contributed by atoms with Crippen molar-refractivity contribution in [3.05, 3.63) is 29.6 Å². The molecule has 1 heterocycles. The molecule has 1 aromatic heterocycles. The number of aromatic amines is 1. The number of hydrogen-bond acceptors (Lipinski definition) is 2. The van der Waals surface area contributed by atoms with E-state index < -0.39 is 0 Å². The first-order valence-electron chi connectivity index (χ1n) is 6.59. The number of fused-ring (bicyclic) bond motifs is 1. The van der Waals surface area contributed by atoms with Crippen LogP contribution in [0.15, 0.2) is 18.2 Å². The molecule has 98 valence electrons. The Morgan fingerprint density at radius 3 is 2.61 bits per heavy atom. The van der Waals surface area contributed by atoms with E-state index in [0.717, 1.165) is 23.4 Å². The number of aromatic nitrogens is 2. The molecule has 3 nitrogen and oxygen atoms in total. The predicted octanol–water partition coefficient (Wildman–Crippen LogP) is 3.36. The summed E-state index contributed by atoms with van der Waals surface area (Å²) in [7, 11) is 0. The molecule has 1 aromatic carbocycles. The molecule has 0 radical (unpaired) electrons. The standard InChI is InChI=1S/C15H23N3/c1-10(2)16-9-11-6-7-12-13(8-11)18-14(17-12)15(3,4)5/h6-8,10,16H,9H2,1-5H3,(H,17,18). The van der Waals surface area contributed by atoms with Crippen LogP contribution in [-0.4, -0.2) is 16.0 Å². The van der Waals surface area contributed by atoms with Crippen molar-refractivity contribution < 1.29 is 0 Å². The fraction of sp³-hybridized carbons (Fsp3) is 0.533. The third kappa shape index (κ3) is 2.91. The molecular formula is C15H23N3. The third-order valence-corrected chi connectivity index (χ3v) is 2.97. The van der Waals surface area contributed by atoms with Gasteiger partial charge in [-0.3, -0.25) is 0 Å². The van der Waals surface area contributed by atoms with E-state index in [0.29, 0.717) is 6.04 Å². The molecule has 0 aliphatic heterocycles. The molecular weight excluding hydrogens is 222 g/mol. The fourth-order valence-corrected chi connectivity index (χ4v) is 1.84. The van der Waals surface area contributed by atoms with Gasteiger partial charge >= 0.3 is 0 Å². The monoisotopic (exact) mass is 245 g/mol. The molecule has 0 saturated carbocycles. The molecule has 0 bridgehead atoms. The van der Waals surface area contributed by atoms with E-state index in [2.05, 4.69) is 68.1 Å². The zero-order valence-corrected chi connectivity index (χ0v) is 12.0. The van der Waals surface area contributed by atoms with Gasteiger partial charge in [-0.05, 0) is 17.7 Å². The number of nitrogens with one attached hydrogen (secondary N) is 2. The van der Waals surface area contributed by atoms with Crippen LogP contribution < -0.4 is 5.32 Å². The molecule has 2 rings (SSSR count). The number of hydrogen-bond donors (Lipinski definition) is 2. The fourth-order valence-electron chi connectivity index (χ4n) is 1.84. The number of rotatable bonds is 3. The van der Waals surface area contributed by atoms with Crippen molar-refractivity contribution in [2.24, 2.45) is 0 Å². The first-order valence-corrected chi connectivity index (χ1v) is 6.59. The number of nitrogens with zero attached hydrogens (tertiary/aromatic N) is 1. The quantitative estimate of drug-likeness (QED) is 0.870. The second-order valence-electron chi connectivity index (χ2n) is 6.22. The second kappa shape index (κ2) is 4.73. The van der Waals surface area contributed by atoms with E-state index in [4.69, 9.17) is 0 Å². The third-order valence-electron chi connectivity index (χ3n) is 2.97. The molecule has 0 aliphatic rings. The molecule has 2 N–H and O–H groups in total. The summed E-state index contributed by atoms with van der Waals surface area (Å²) < 4.78 is 0. The topological polar surface area (TPSA) is 40.7 Å². The summed E-state index contributed by atoms with van der Waals surface area (Å²) in [5, 5.41) is 3.43. The summed E-state index contributed by atoms with van der Waals surface area (Å²) in [5.74, 6) is 1.05. The molecule has 0 saturated heterocycles. The Kier molecular flexibility index (Phi) is 3.44. The SMILES string of the molecule is CC(C)NCc1ccc2nc(C(C)(C)C)[nH]c2c1. The van der Waals surface area contributed by atoms with Gasteiger partial charge in [-0.2, -0.15) is 0 Å². The van der Waals surface area contributed by atoms with Crippen LogP contribution in [0.3, 0.4) is 0 Å². The number of imidazole rings is 1. The minimum atomic E-state index is 0.0648. The maximum absolute atomic E-state index is 4.64. The summed E-state index contributed by atoms with van der Waals surface area (Å²) in [6.07, 6.45) is 0. The Morgan fingerprint density at radius 2 is 2.00 bits per heavy atom. The summed E-state index contributed by atoms with van der Waals surface area (Å²) >= 11 is 0. The maximum Gasteiger partial charge on any atom is 0.112 e. The lowest BCUT2D eigenvalue weighted by molar-refractivity contribution is 0.554. The molecule has 0 fully saturated rings. The summed E-state index contributed by atoms with van der Waals surface area (Å²) in [5.41, 5.74) is 3.53. The smallest absolute Gasteiger partial charge is 0.112 e. The maximum atomic E-state index is 4.64. The van der Waals surface area contributed by atoms with Crippen molar-refractivity contribution in [1.29, 1.82) is 0 Å². The van der Waals surface area contributed by atoms with Crippen LogP contribution in [0.4, 0.5) is 0 Å². The van der Waals surface area contributed by atoms with Crippen molar-refractivity contribution in [3.8, 4) is 0 Å². The Labute approximate surface area is 109 Å². The molecule has 3 heteroatoms. The van der Waals surface area contributed by atoms with Gasteiger partial charge in [-0.15, -0.1) is 0 Å². The van der Waals surface area contributed by atoms with Crippen molar-refractivity contribution in [3.63, 3.8) is 0 Å². The van der Waals surface area contributed by atoms with Crippen molar-refractivity contribution in [2.75, 3.05) is 0 Å². The van der Waals surface area contributed by atoms with E-state index in [1.54, 1.807) is 0 Å². The van der Waals surface area contributed by atoms with Gasteiger partial charge in [0.05, 0.1) is 11.0 Å². The highest BCUT2D eigenvalue weighted by Gasteiger charge is 2.18. The van der Waals surface area contributed by atoms with Gasteiger partial charge in [0, 0.05) is 18.0 Å². The summed E-state index contributed by atoms with van der Waals surface area (Å²) in [4.78, 5) is 8.07. The number of benzene rings is 1. The van der Waals surface area contributed by atoms with Gasteiger partial charge in [0.1, 0.15) is 5.82 Å². The summed E-state index contributed by atoms with van der Waals surface area (Å²) in [6.45, 7) is 11.7. The van der Waals surface area contributed by atoms with Crippen molar-refractivity contribution in [2.45, 2.75) is 52.6 Å². The molecule has 0 aliphatic carbocycles. The highest BCUT2D eigenvalue weighted by atomic mass is 14.9. The lowest BCUT2D eigenvalue weighted by atomic mass is 9.96. The Morgan fingerprint density at radius 1 is 1.28 bits per heavy atom. The first-order chi connectivity index (χ1) is 8.36. The highest BCUT2D eigenvalue weighted by molar-refractivity contribution is 5.76. The van der Waals surface area contributed by atoms with E-state index in [-0.39, 0.29) is 5.41 Å². The van der Waals surface area contributed by atoms with Crippen LogP contribution in [0.2, 0.25) is 0 Å². The van der Waals surface area contributed by atoms with Crippen LogP contribution in [0, 0.1) is 0 Å². The van der Waals surface area contributed by atoms with Crippen molar-refractivity contribution in [1.82, 2.24) is 15.3 Å². The highest BCUT2D eigenvalue weighted by Crippen LogP contribution is 2.22. The lowest BCUT2D eigenvalue weighted by Crippen LogP contribution is -2.21. The minimum absolute atomic E-state index is 0.0648. The molecule has 2 aromatic rings. The van der Waals surface area contributed by atoms with Gasteiger partial charge in [0.25, 0.3) is 0 Å². The molecule has 0 amide bonds. The molecule has 0 spiro atoms. The molecule has 0 unspecified atom stereocenters. The largest absolute Gasteiger partial charge is 0.342 e. The second-order valence-corrected chi connectivity index (χ2v) is 6.22. The Hall–Kier alpha value is -1.35. The summed E-state index contributed by atoms with van der Waals surface area (Å²) in [6, 6.07) is 6.93. The van der Waals surface area contributed by atoms with E-state index >= 15 is 0 Å². The van der Waals surface area contributed by atoms with Crippen LogP contribution in [0.5, 0.6) is 0 Å². The average molecular weight is 245 g/mol.